The summed E-state index contributed by atoms with van der Waals surface area (Å²) in [7, 11) is 0. The molecule has 1 aliphatic rings. The molecule has 2 aromatic rings. The zero-order chi connectivity index (χ0) is 14.7. The Hall–Kier alpha value is -1.19. The molecular weight excluding hydrogens is 276 g/mol. The first-order valence-corrected chi connectivity index (χ1v) is 8.83. The second-order valence-corrected chi connectivity index (χ2v) is 7.06. The monoisotopic (exact) mass is 300 g/mol. The van der Waals surface area contributed by atoms with Crippen molar-refractivity contribution >= 4 is 11.3 Å². The first kappa shape index (κ1) is 14.7. The maximum absolute atomic E-state index is 4.83. The fourth-order valence-electron chi connectivity index (χ4n) is 3.48. The maximum atomic E-state index is 4.83. The van der Waals surface area contributed by atoms with E-state index in [4.69, 9.17) is 4.98 Å². The molecule has 0 bridgehead atoms. The lowest BCUT2D eigenvalue weighted by Gasteiger charge is -2.27. The van der Waals surface area contributed by atoms with Crippen LogP contribution in [0.3, 0.4) is 0 Å². The van der Waals surface area contributed by atoms with Crippen LogP contribution in [0.4, 0.5) is 0 Å². The van der Waals surface area contributed by atoms with Gasteiger partial charge < -0.3 is 5.32 Å². The summed E-state index contributed by atoms with van der Waals surface area (Å²) < 4.78 is 0. The van der Waals surface area contributed by atoms with Gasteiger partial charge in [0.05, 0.1) is 0 Å². The van der Waals surface area contributed by atoms with Crippen LogP contribution in [-0.2, 0) is 5.41 Å². The molecule has 1 saturated carbocycles. The number of nitrogens with one attached hydrogen (secondary N) is 1. The van der Waals surface area contributed by atoms with Crippen LogP contribution in [0, 0.1) is 0 Å². The highest BCUT2D eigenvalue weighted by Crippen LogP contribution is 2.47. The Kier molecular flexibility index (Phi) is 4.41. The fourth-order valence-corrected chi connectivity index (χ4v) is 4.69. The van der Waals surface area contributed by atoms with E-state index in [0.29, 0.717) is 6.04 Å². The molecule has 1 fully saturated rings. The van der Waals surface area contributed by atoms with E-state index in [1.54, 1.807) is 0 Å². The molecule has 3 rings (SSSR count). The minimum atomic E-state index is 0.163. The Labute approximate surface area is 131 Å². The molecule has 1 atom stereocenters. The highest BCUT2D eigenvalue weighted by Gasteiger charge is 2.39. The van der Waals surface area contributed by atoms with Gasteiger partial charge in [-0.15, -0.1) is 11.3 Å². The highest BCUT2D eigenvalue weighted by atomic mass is 32.1. The average Bonchev–Trinajstić information content (AvgIpc) is 3.18. The van der Waals surface area contributed by atoms with Gasteiger partial charge in [-0.05, 0) is 31.9 Å². The summed E-state index contributed by atoms with van der Waals surface area (Å²) in [4.78, 5) is 6.18. The van der Waals surface area contributed by atoms with Crippen molar-refractivity contribution < 1.29 is 0 Å². The topological polar surface area (TPSA) is 24.9 Å². The molecule has 1 aliphatic carbocycles. The zero-order valence-corrected chi connectivity index (χ0v) is 13.7. The molecule has 1 N–H and O–H groups in total. The predicted molar refractivity (Wildman–Crippen MR) is 89.9 cm³/mol. The van der Waals surface area contributed by atoms with Crippen LogP contribution in [0.15, 0.2) is 36.5 Å². The minimum Gasteiger partial charge on any atom is -0.310 e. The van der Waals surface area contributed by atoms with Gasteiger partial charge in [-0.1, -0.05) is 50.1 Å². The van der Waals surface area contributed by atoms with E-state index in [-0.39, 0.29) is 5.41 Å². The maximum Gasteiger partial charge on any atom is 0.103 e. The van der Waals surface area contributed by atoms with Crippen molar-refractivity contribution in [3.8, 4) is 0 Å². The summed E-state index contributed by atoms with van der Waals surface area (Å²) in [5.74, 6) is 0. The Morgan fingerprint density at radius 2 is 1.95 bits per heavy atom. The van der Waals surface area contributed by atoms with E-state index in [1.807, 2.05) is 11.3 Å². The van der Waals surface area contributed by atoms with Crippen molar-refractivity contribution in [2.75, 3.05) is 6.54 Å². The van der Waals surface area contributed by atoms with E-state index in [0.717, 1.165) is 6.54 Å². The number of hydrogen-bond donors (Lipinski definition) is 1. The standard InChI is InChI=1S/C18H24N2S/c1-3-19-14(2)16-13-20-17(21-16)18(11-7-8-12-18)15-9-5-4-6-10-15/h4-6,9-10,13-14,19H,3,7-8,11-12H2,1-2H3. The van der Waals surface area contributed by atoms with Crippen LogP contribution in [0.25, 0.3) is 0 Å². The molecule has 0 radical (unpaired) electrons. The number of aromatic nitrogens is 1. The predicted octanol–water partition coefficient (Wildman–Crippen LogP) is 4.67. The average molecular weight is 300 g/mol. The Bertz CT molecular complexity index is 570. The van der Waals surface area contributed by atoms with Crippen LogP contribution in [0.2, 0.25) is 0 Å². The van der Waals surface area contributed by atoms with Crippen molar-refractivity contribution in [2.24, 2.45) is 0 Å². The summed E-state index contributed by atoms with van der Waals surface area (Å²) >= 11 is 1.90. The molecule has 21 heavy (non-hydrogen) atoms. The van der Waals surface area contributed by atoms with Gasteiger partial charge in [-0.3, -0.25) is 0 Å². The van der Waals surface area contributed by atoms with Crippen LogP contribution < -0.4 is 5.32 Å². The van der Waals surface area contributed by atoms with Gasteiger partial charge in [0.1, 0.15) is 5.01 Å². The molecule has 1 aromatic heterocycles. The number of thiazole rings is 1. The van der Waals surface area contributed by atoms with E-state index in [2.05, 4.69) is 55.7 Å². The van der Waals surface area contributed by atoms with Crippen LogP contribution in [0.1, 0.15) is 61.0 Å². The summed E-state index contributed by atoms with van der Waals surface area (Å²) in [6.07, 6.45) is 7.18. The highest BCUT2D eigenvalue weighted by molar-refractivity contribution is 7.11. The number of benzene rings is 1. The van der Waals surface area contributed by atoms with Crippen molar-refractivity contribution in [1.29, 1.82) is 0 Å². The molecule has 1 unspecified atom stereocenters. The third kappa shape index (κ3) is 2.77. The third-order valence-electron chi connectivity index (χ3n) is 4.65. The molecule has 0 spiro atoms. The second kappa shape index (κ2) is 6.29. The van der Waals surface area contributed by atoms with Gasteiger partial charge in [0.15, 0.2) is 0 Å². The quantitative estimate of drug-likeness (QED) is 0.867. The van der Waals surface area contributed by atoms with E-state index in [9.17, 15) is 0 Å². The lowest BCUT2D eigenvalue weighted by atomic mass is 9.79. The normalized spacial score (nSPS) is 18.8. The summed E-state index contributed by atoms with van der Waals surface area (Å²) in [5, 5.41) is 4.80. The first-order chi connectivity index (χ1) is 10.3. The third-order valence-corrected chi connectivity index (χ3v) is 6.04. The summed E-state index contributed by atoms with van der Waals surface area (Å²) in [6, 6.07) is 11.4. The molecule has 1 aromatic carbocycles. The molecule has 0 aliphatic heterocycles. The minimum absolute atomic E-state index is 0.163. The molecule has 112 valence electrons. The Morgan fingerprint density at radius 1 is 1.24 bits per heavy atom. The van der Waals surface area contributed by atoms with E-state index in [1.165, 1.54) is 41.1 Å². The summed E-state index contributed by atoms with van der Waals surface area (Å²) in [6.45, 7) is 5.38. The molecule has 2 nitrogen and oxygen atoms in total. The van der Waals surface area contributed by atoms with Crippen molar-refractivity contribution in [3.05, 3.63) is 52.0 Å². The number of nitrogens with zero attached hydrogens (tertiary/aromatic N) is 1. The molecule has 3 heteroatoms. The van der Waals surface area contributed by atoms with Gasteiger partial charge in [0, 0.05) is 22.5 Å². The van der Waals surface area contributed by atoms with E-state index < -0.39 is 0 Å². The van der Waals surface area contributed by atoms with Gasteiger partial charge in [0.25, 0.3) is 0 Å². The largest absolute Gasteiger partial charge is 0.310 e. The lowest BCUT2D eigenvalue weighted by Crippen LogP contribution is -2.23. The molecule has 1 heterocycles. The second-order valence-electron chi connectivity index (χ2n) is 6.00. The SMILES string of the molecule is CCNC(C)c1cnc(C2(c3ccccc3)CCCC2)s1. The Balaban J connectivity index is 1.95. The van der Waals surface area contributed by atoms with Crippen LogP contribution in [0.5, 0.6) is 0 Å². The van der Waals surface area contributed by atoms with Gasteiger partial charge >= 0.3 is 0 Å². The smallest absolute Gasteiger partial charge is 0.103 e. The van der Waals surface area contributed by atoms with Crippen LogP contribution >= 0.6 is 11.3 Å². The molecular formula is C18H24N2S. The van der Waals surface area contributed by atoms with Gasteiger partial charge in [-0.2, -0.15) is 0 Å². The number of rotatable bonds is 5. The van der Waals surface area contributed by atoms with Crippen molar-refractivity contribution in [1.82, 2.24) is 10.3 Å². The van der Waals surface area contributed by atoms with Crippen LogP contribution in [-0.4, -0.2) is 11.5 Å². The Morgan fingerprint density at radius 3 is 2.62 bits per heavy atom. The number of hydrogen-bond acceptors (Lipinski definition) is 3. The lowest BCUT2D eigenvalue weighted by molar-refractivity contribution is 0.532. The van der Waals surface area contributed by atoms with E-state index >= 15 is 0 Å². The summed E-state index contributed by atoms with van der Waals surface area (Å²) in [5.41, 5.74) is 1.61. The molecule has 0 amide bonds. The van der Waals surface area contributed by atoms with Crippen molar-refractivity contribution in [2.45, 2.75) is 51.0 Å². The van der Waals surface area contributed by atoms with Gasteiger partial charge in [-0.25, -0.2) is 4.98 Å². The fraction of sp³-hybridized carbons (Fsp3) is 0.500. The van der Waals surface area contributed by atoms with Gasteiger partial charge in [0.2, 0.25) is 0 Å². The first-order valence-electron chi connectivity index (χ1n) is 8.01. The zero-order valence-electron chi connectivity index (χ0n) is 12.9. The molecule has 0 saturated heterocycles. The van der Waals surface area contributed by atoms with Crippen molar-refractivity contribution in [3.63, 3.8) is 0 Å².